The van der Waals surface area contributed by atoms with Gasteiger partial charge in [-0.05, 0) is 69.2 Å². The summed E-state index contributed by atoms with van der Waals surface area (Å²) < 4.78 is 17.9. The van der Waals surface area contributed by atoms with Crippen molar-refractivity contribution in [3.63, 3.8) is 0 Å². The Morgan fingerprint density at radius 3 is 2.85 bits per heavy atom. The van der Waals surface area contributed by atoms with Gasteiger partial charge in [0.05, 0.1) is 18.8 Å². The van der Waals surface area contributed by atoms with Crippen LogP contribution in [-0.4, -0.2) is 57.3 Å². The SMILES string of the molecule is C=C1CCC2C3COCOC3CCC2(C)C1CCOC1CCN(C)CC1. The highest BCUT2D eigenvalue weighted by Crippen LogP contribution is 2.58. The van der Waals surface area contributed by atoms with Gasteiger partial charge in [0.2, 0.25) is 0 Å². The lowest BCUT2D eigenvalue weighted by Gasteiger charge is -2.57. The van der Waals surface area contributed by atoms with E-state index in [0.717, 1.165) is 19.6 Å². The van der Waals surface area contributed by atoms with Crippen LogP contribution in [-0.2, 0) is 14.2 Å². The number of allylic oxidation sites excluding steroid dienone is 1. The Morgan fingerprint density at radius 2 is 2.04 bits per heavy atom. The van der Waals surface area contributed by atoms with E-state index in [1.807, 2.05) is 0 Å². The number of nitrogens with zero attached hydrogens (tertiary/aromatic N) is 1. The quantitative estimate of drug-likeness (QED) is 0.710. The molecule has 5 atom stereocenters. The second-order valence-electron chi connectivity index (χ2n) is 9.42. The fraction of sp³-hybridized carbons (Fsp3) is 0.909. The Morgan fingerprint density at radius 1 is 1.23 bits per heavy atom. The molecule has 0 N–H and O–H groups in total. The highest BCUT2D eigenvalue weighted by atomic mass is 16.7. The van der Waals surface area contributed by atoms with Crippen LogP contribution < -0.4 is 0 Å². The van der Waals surface area contributed by atoms with E-state index in [0.29, 0.717) is 42.2 Å². The van der Waals surface area contributed by atoms with Crippen LogP contribution in [0, 0.1) is 23.2 Å². The molecule has 2 saturated heterocycles. The third-order valence-electron chi connectivity index (χ3n) is 7.98. The molecule has 4 fully saturated rings. The van der Waals surface area contributed by atoms with Crippen molar-refractivity contribution in [1.82, 2.24) is 4.90 Å². The van der Waals surface area contributed by atoms with Crippen molar-refractivity contribution in [2.24, 2.45) is 23.2 Å². The lowest BCUT2D eigenvalue weighted by atomic mass is 9.50. The minimum atomic E-state index is 0.344. The largest absolute Gasteiger partial charge is 0.378 e. The normalized spacial score (nSPS) is 42.3. The number of hydrogen-bond donors (Lipinski definition) is 0. The Bertz CT molecular complexity index is 502. The van der Waals surface area contributed by atoms with E-state index in [4.69, 9.17) is 14.2 Å². The van der Waals surface area contributed by atoms with Gasteiger partial charge >= 0.3 is 0 Å². The minimum Gasteiger partial charge on any atom is -0.378 e. The van der Waals surface area contributed by atoms with Gasteiger partial charge < -0.3 is 19.1 Å². The monoisotopic (exact) mass is 363 g/mol. The minimum absolute atomic E-state index is 0.344. The Labute approximate surface area is 159 Å². The van der Waals surface area contributed by atoms with Gasteiger partial charge in [-0.3, -0.25) is 0 Å². The zero-order valence-electron chi connectivity index (χ0n) is 16.8. The molecule has 4 heteroatoms. The summed E-state index contributed by atoms with van der Waals surface area (Å²) >= 11 is 0. The molecule has 2 heterocycles. The molecule has 26 heavy (non-hydrogen) atoms. The van der Waals surface area contributed by atoms with Crippen LogP contribution in [0.3, 0.4) is 0 Å². The first-order valence-electron chi connectivity index (χ1n) is 10.7. The second kappa shape index (κ2) is 7.90. The molecule has 0 aromatic heterocycles. The second-order valence-corrected chi connectivity index (χ2v) is 9.42. The molecular weight excluding hydrogens is 326 g/mol. The molecule has 2 saturated carbocycles. The van der Waals surface area contributed by atoms with Crippen LogP contribution in [0.2, 0.25) is 0 Å². The van der Waals surface area contributed by atoms with E-state index < -0.39 is 0 Å². The molecule has 4 nitrogen and oxygen atoms in total. The molecule has 0 aromatic rings. The maximum Gasteiger partial charge on any atom is 0.147 e. The molecule has 0 amide bonds. The van der Waals surface area contributed by atoms with Gasteiger partial charge in [0.1, 0.15) is 6.79 Å². The van der Waals surface area contributed by atoms with Crippen molar-refractivity contribution in [3.8, 4) is 0 Å². The average molecular weight is 364 g/mol. The van der Waals surface area contributed by atoms with Crippen molar-refractivity contribution in [3.05, 3.63) is 12.2 Å². The first-order chi connectivity index (χ1) is 12.6. The fourth-order valence-electron chi connectivity index (χ4n) is 6.35. The Kier molecular flexibility index (Phi) is 5.75. The fourth-order valence-corrected chi connectivity index (χ4v) is 6.35. The highest BCUT2D eigenvalue weighted by molar-refractivity contribution is 5.15. The van der Waals surface area contributed by atoms with Crippen LogP contribution in [0.4, 0.5) is 0 Å². The Balaban J connectivity index is 1.37. The predicted octanol–water partition coefficient (Wildman–Crippen LogP) is 3.86. The molecule has 4 rings (SSSR count). The third-order valence-corrected chi connectivity index (χ3v) is 7.98. The van der Waals surface area contributed by atoms with E-state index in [9.17, 15) is 0 Å². The molecule has 2 aliphatic heterocycles. The van der Waals surface area contributed by atoms with E-state index in [1.54, 1.807) is 0 Å². The Hall–Kier alpha value is -0.420. The van der Waals surface area contributed by atoms with Crippen LogP contribution in [0.25, 0.3) is 0 Å². The molecule has 5 unspecified atom stereocenters. The summed E-state index contributed by atoms with van der Waals surface area (Å²) in [6.45, 7) is 11.6. The first kappa shape index (κ1) is 18.9. The summed E-state index contributed by atoms with van der Waals surface area (Å²) in [6, 6.07) is 0. The van der Waals surface area contributed by atoms with Gasteiger partial charge in [0, 0.05) is 25.6 Å². The molecule has 0 radical (unpaired) electrons. The topological polar surface area (TPSA) is 30.9 Å². The summed E-state index contributed by atoms with van der Waals surface area (Å²) in [4.78, 5) is 2.40. The lowest BCUT2D eigenvalue weighted by Crippen LogP contribution is -2.54. The van der Waals surface area contributed by atoms with Gasteiger partial charge in [-0.15, -0.1) is 0 Å². The zero-order valence-corrected chi connectivity index (χ0v) is 16.8. The zero-order chi connectivity index (χ0) is 18.1. The molecule has 2 aliphatic carbocycles. The van der Waals surface area contributed by atoms with Gasteiger partial charge in [0.15, 0.2) is 0 Å². The summed E-state index contributed by atoms with van der Waals surface area (Å²) in [5.41, 5.74) is 1.81. The molecule has 0 spiro atoms. The van der Waals surface area contributed by atoms with E-state index in [2.05, 4.69) is 25.5 Å². The number of piperidine rings is 1. The smallest absolute Gasteiger partial charge is 0.147 e. The van der Waals surface area contributed by atoms with E-state index in [1.165, 1.54) is 57.2 Å². The summed E-state index contributed by atoms with van der Waals surface area (Å²) in [6.07, 6.45) is 9.25. The summed E-state index contributed by atoms with van der Waals surface area (Å²) in [7, 11) is 2.21. The first-order valence-corrected chi connectivity index (χ1v) is 10.7. The van der Waals surface area contributed by atoms with Crippen LogP contribution >= 0.6 is 0 Å². The van der Waals surface area contributed by atoms with Crippen molar-refractivity contribution >= 4 is 0 Å². The number of fused-ring (bicyclic) bond motifs is 3. The van der Waals surface area contributed by atoms with Crippen molar-refractivity contribution in [2.75, 3.05) is 40.1 Å². The van der Waals surface area contributed by atoms with Crippen molar-refractivity contribution in [1.29, 1.82) is 0 Å². The van der Waals surface area contributed by atoms with Crippen LogP contribution in [0.1, 0.15) is 51.9 Å². The lowest BCUT2D eigenvalue weighted by molar-refractivity contribution is -0.219. The number of ether oxygens (including phenoxy) is 3. The van der Waals surface area contributed by atoms with Crippen LogP contribution in [0.15, 0.2) is 12.2 Å². The number of likely N-dealkylation sites (tertiary alicyclic amines) is 1. The molecule has 0 bridgehead atoms. The molecular formula is C22H37NO3. The standard InChI is InChI=1S/C22H37NO3/c1-16-4-5-20-18-14-24-15-26-21(18)6-10-22(20,2)19(16)9-13-25-17-7-11-23(3)12-8-17/h17-21H,1,4-15H2,2-3H3. The van der Waals surface area contributed by atoms with E-state index >= 15 is 0 Å². The van der Waals surface area contributed by atoms with Gasteiger partial charge in [-0.25, -0.2) is 0 Å². The highest BCUT2D eigenvalue weighted by Gasteiger charge is 2.53. The van der Waals surface area contributed by atoms with E-state index in [-0.39, 0.29) is 0 Å². The number of rotatable bonds is 4. The summed E-state index contributed by atoms with van der Waals surface area (Å²) in [5, 5.41) is 0. The molecule has 0 aromatic carbocycles. The van der Waals surface area contributed by atoms with Gasteiger partial charge in [0.25, 0.3) is 0 Å². The maximum atomic E-state index is 6.30. The van der Waals surface area contributed by atoms with Crippen molar-refractivity contribution < 1.29 is 14.2 Å². The number of hydrogen-bond acceptors (Lipinski definition) is 4. The predicted molar refractivity (Wildman–Crippen MR) is 103 cm³/mol. The maximum absolute atomic E-state index is 6.30. The van der Waals surface area contributed by atoms with Crippen LogP contribution in [0.5, 0.6) is 0 Å². The van der Waals surface area contributed by atoms with Gasteiger partial charge in [-0.2, -0.15) is 0 Å². The molecule has 148 valence electrons. The average Bonchev–Trinajstić information content (AvgIpc) is 2.65. The summed E-state index contributed by atoms with van der Waals surface area (Å²) in [5.74, 6) is 1.88. The third kappa shape index (κ3) is 3.63. The van der Waals surface area contributed by atoms with Crippen molar-refractivity contribution in [2.45, 2.75) is 64.1 Å². The molecule has 4 aliphatic rings. The van der Waals surface area contributed by atoms with Gasteiger partial charge in [-0.1, -0.05) is 19.1 Å².